The highest BCUT2D eigenvalue weighted by Gasteiger charge is 2.31. The molecule has 0 bridgehead atoms. The Hall–Kier alpha value is -2.93. The molecule has 7 nitrogen and oxygen atoms in total. The Morgan fingerprint density at radius 2 is 1.90 bits per heavy atom. The van der Waals surface area contributed by atoms with E-state index in [9.17, 15) is 24.6 Å². The van der Waals surface area contributed by atoms with E-state index in [4.69, 9.17) is 0 Å². The van der Waals surface area contributed by atoms with Crippen molar-refractivity contribution in [2.24, 2.45) is 5.92 Å². The molecule has 1 saturated heterocycles. The van der Waals surface area contributed by atoms with Crippen molar-refractivity contribution in [3.63, 3.8) is 0 Å². The van der Waals surface area contributed by atoms with Crippen LogP contribution >= 0.6 is 0 Å². The number of aliphatic hydroxyl groups is 1. The highest BCUT2D eigenvalue weighted by molar-refractivity contribution is 6.01. The second kappa shape index (κ2) is 7.40. The summed E-state index contributed by atoms with van der Waals surface area (Å²) in [6.45, 7) is 6.83. The predicted molar refractivity (Wildman–Crippen MR) is 114 cm³/mol. The number of pyridine rings is 1. The second-order valence-corrected chi connectivity index (χ2v) is 8.64. The van der Waals surface area contributed by atoms with Crippen LogP contribution in [0, 0.1) is 5.92 Å². The van der Waals surface area contributed by atoms with Crippen LogP contribution in [0.1, 0.15) is 59.5 Å². The first-order chi connectivity index (χ1) is 14.2. The quantitative estimate of drug-likeness (QED) is 0.752. The number of β-amino-alcohol motifs (C(OH)–C–C–N with tert-alkyl or cyclic N) is 1. The predicted octanol–water partition coefficient (Wildman–Crippen LogP) is 2.74. The van der Waals surface area contributed by atoms with Gasteiger partial charge in [0.25, 0.3) is 0 Å². The molecular weight excluding hydrogens is 384 g/mol. The fourth-order valence-electron chi connectivity index (χ4n) is 4.62. The van der Waals surface area contributed by atoms with Crippen molar-refractivity contribution >= 4 is 17.4 Å². The first-order valence-corrected chi connectivity index (χ1v) is 10.3. The number of carbonyl (C=O) groups excluding carboxylic acids is 1. The Bertz CT molecular complexity index is 1100. The normalized spacial score (nSPS) is 20.2. The lowest BCUT2D eigenvalue weighted by molar-refractivity contribution is 0.0694. The molecule has 2 aliphatic rings. The van der Waals surface area contributed by atoms with Crippen LogP contribution in [0.3, 0.4) is 0 Å². The lowest BCUT2D eigenvalue weighted by Crippen LogP contribution is -2.29. The van der Waals surface area contributed by atoms with Crippen molar-refractivity contribution in [2.45, 2.75) is 45.8 Å². The first-order valence-electron chi connectivity index (χ1n) is 10.3. The number of benzene rings is 1. The molecule has 2 aromatic rings. The number of anilines is 1. The van der Waals surface area contributed by atoms with E-state index in [0.717, 1.165) is 16.8 Å². The third kappa shape index (κ3) is 3.33. The lowest BCUT2D eigenvalue weighted by Gasteiger charge is -2.34. The molecule has 1 aromatic carbocycles. The minimum Gasteiger partial charge on any atom is -0.477 e. The van der Waals surface area contributed by atoms with Gasteiger partial charge in [0.05, 0.1) is 11.8 Å². The number of fused-ring (bicyclic) bond motifs is 3. The van der Waals surface area contributed by atoms with E-state index in [0.29, 0.717) is 37.2 Å². The van der Waals surface area contributed by atoms with Gasteiger partial charge in [-0.05, 0) is 43.4 Å². The molecule has 1 aromatic heterocycles. The summed E-state index contributed by atoms with van der Waals surface area (Å²) in [4.78, 5) is 38.5. The number of Topliss-reactive ketones (excluding diaryl/α,β-unsaturated/α-hetero) is 1. The minimum atomic E-state index is -1.24. The fourth-order valence-corrected chi connectivity index (χ4v) is 4.62. The molecule has 0 saturated carbocycles. The van der Waals surface area contributed by atoms with E-state index in [1.807, 2.05) is 21.6 Å². The van der Waals surface area contributed by atoms with Gasteiger partial charge in [0.15, 0.2) is 11.2 Å². The Morgan fingerprint density at radius 3 is 2.47 bits per heavy atom. The SMILES string of the molecule is CC(=O)c1cc2c(cc1N1CC[C@H](O)C1)CC(C(C)C)n1cc(C(=O)O)c(=O)cc1-2. The molecule has 4 rings (SSSR count). The second-order valence-electron chi connectivity index (χ2n) is 8.64. The summed E-state index contributed by atoms with van der Waals surface area (Å²) < 4.78 is 1.88. The number of nitrogens with zero attached hydrogens (tertiary/aromatic N) is 2. The highest BCUT2D eigenvalue weighted by Crippen LogP contribution is 2.41. The molecule has 0 amide bonds. The maximum absolute atomic E-state index is 12.5. The Labute approximate surface area is 174 Å². The van der Waals surface area contributed by atoms with Gasteiger partial charge < -0.3 is 19.7 Å². The van der Waals surface area contributed by atoms with Crippen molar-refractivity contribution in [1.82, 2.24) is 4.57 Å². The average molecular weight is 410 g/mol. The van der Waals surface area contributed by atoms with Crippen LogP contribution in [0.4, 0.5) is 5.69 Å². The number of hydrogen-bond acceptors (Lipinski definition) is 5. The average Bonchev–Trinajstić information content (AvgIpc) is 3.11. The van der Waals surface area contributed by atoms with Gasteiger partial charge in [-0.2, -0.15) is 0 Å². The largest absolute Gasteiger partial charge is 0.477 e. The third-order valence-electron chi connectivity index (χ3n) is 6.25. The summed E-state index contributed by atoms with van der Waals surface area (Å²) >= 11 is 0. The minimum absolute atomic E-state index is 0.00797. The molecule has 1 unspecified atom stereocenters. The van der Waals surface area contributed by atoms with Crippen molar-refractivity contribution in [3.05, 3.63) is 51.3 Å². The Balaban J connectivity index is 1.95. The van der Waals surface area contributed by atoms with E-state index < -0.39 is 17.5 Å². The molecule has 0 radical (unpaired) electrons. The van der Waals surface area contributed by atoms with E-state index in [-0.39, 0.29) is 23.3 Å². The van der Waals surface area contributed by atoms with Gasteiger partial charge in [-0.3, -0.25) is 9.59 Å². The summed E-state index contributed by atoms with van der Waals surface area (Å²) in [6.07, 6.45) is 2.37. The van der Waals surface area contributed by atoms with Crippen molar-refractivity contribution in [2.75, 3.05) is 18.0 Å². The number of aromatic nitrogens is 1. The summed E-state index contributed by atoms with van der Waals surface area (Å²) in [6, 6.07) is 5.20. The monoisotopic (exact) mass is 410 g/mol. The summed E-state index contributed by atoms with van der Waals surface area (Å²) in [5.74, 6) is -1.11. The number of hydrogen-bond donors (Lipinski definition) is 2. The zero-order valence-corrected chi connectivity index (χ0v) is 17.4. The number of aromatic carboxylic acids is 1. The van der Waals surface area contributed by atoms with Crippen LogP contribution in [0.15, 0.2) is 29.2 Å². The van der Waals surface area contributed by atoms with E-state index >= 15 is 0 Å². The molecule has 7 heteroatoms. The smallest absolute Gasteiger partial charge is 0.341 e. The van der Waals surface area contributed by atoms with Gasteiger partial charge in [0.2, 0.25) is 0 Å². The highest BCUT2D eigenvalue weighted by atomic mass is 16.4. The molecule has 2 aliphatic heterocycles. The summed E-state index contributed by atoms with van der Waals surface area (Å²) in [5, 5.41) is 19.4. The molecule has 2 N–H and O–H groups in total. The van der Waals surface area contributed by atoms with Crippen LogP contribution in [0.2, 0.25) is 0 Å². The molecule has 158 valence electrons. The Morgan fingerprint density at radius 1 is 1.17 bits per heavy atom. The molecule has 30 heavy (non-hydrogen) atoms. The van der Waals surface area contributed by atoms with Crippen molar-refractivity contribution in [3.8, 4) is 11.3 Å². The van der Waals surface area contributed by atoms with Crippen LogP contribution in [0.5, 0.6) is 0 Å². The van der Waals surface area contributed by atoms with Gasteiger partial charge in [0, 0.05) is 48.2 Å². The number of carbonyl (C=O) groups is 2. The van der Waals surface area contributed by atoms with Gasteiger partial charge in [-0.1, -0.05) is 13.8 Å². The van der Waals surface area contributed by atoms with Gasteiger partial charge in [-0.15, -0.1) is 0 Å². The lowest BCUT2D eigenvalue weighted by atomic mass is 9.85. The zero-order chi connectivity index (χ0) is 21.7. The maximum atomic E-state index is 12.5. The topological polar surface area (TPSA) is 99.8 Å². The molecule has 0 aliphatic carbocycles. The molecule has 2 atom stereocenters. The summed E-state index contributed by atoms with van der Waals surface area (Å²) in [7, 11) is 0. The van der Waals surface area contributed by atoms with Crippen LogP contribution in [-0.2, 0) is 6.42 Å². The molecule has 3 heterocycles. The van der Waals surface area contributed by atoms with Gasteiger partial charge in [-0.25, -0.2) is 4.79 Å². The van der Waals surface area contributed by atoms with Crippen LogP contribution in [-0.4, -0.2) is 45.7 Å². The summed E-state index contributed by atoms with van der Waals surface area (Å²) in [5.41, 5.74) is 3.03. The maximum Gasteiger partial charge on any atom is 0.341 e. The number of carboxylic acids is 1. The van der Waals surface area contributed by atoms with Gasteiger partial charge >= 0.3 is 5.97 Å². The molecule has 0 spiro atoms. The molecule has 1 fully saturated rings. The number of ketones is 1. The first kappa shape index (κ1) is 20.3. The van der Waals surface area contributed by atoms with Crippen LogP contribution in [0.25, 0.3) is 11.3 Å². The fraction of sp³-hybridized carbons (Fsp3) is 0.435. The molecular formula is C23H26N2O5. The number of rotatable bonds is 4. The zero-order valence-electron chi connectivity index (χ0n) is 17.4. The van der Waals surface area contributed by atoms with Crippen LogP contribution < -0.4 is 10.3 Å². The van der Waals surface area contributed by atoms with E-state index in [2.05, 4.69) is 13.8 Å². The standard InChI is InChI=1S/C23H26N2O5/c1-12(2)19-6-14-7-20(24-5-4-15(27)10-24)16(13(3)26)8-17(14)21-9-22(28)18(23(29)30)11-25(19)21/h7-9,11-12,15,19,27H,4-6,10H2,1-3H3,(H,29,30)/t15-,19?/m0/s1. The van der Waals surface area contributed by atoms with E-state index in [1.54, 1.807) is 0 Å². The van der Waals surface area contributed by atoms with Crippen molar-refractivity contribution < 1.29 is 19.8 Å². The number of aliphatic hydroxyl groups excluding tert-OH is 1. The van der Waals surface area contributed by atoms with Crippen molar-refractivity contribution in [1.29, 1.82) is 0 Å². The third-order valence-corrected chi connectivity index (χ3v) is 6.25. The Kier molecular flexibility index (Phi) is 5.02. The van der Waals surface area contributed by atoms with Gasteiger partial charge in [0.1, 0.15) is 5.56 Å². The number of carboxylic acid groups (broad SMARTS) is 1. The van der Waals surface area contributed by atoms with E-state index in [1.165, 1.54) is 19.2 Å².